The molecular formula is C22H16Cl2N4O2S. The minimum Gasteiger partial charge on any atom is -0.467 e. The van der Waals surface area contributed by atoms with Crippen LogP contribution in [0.25, 0.3) is 17.1 Å². The van der Waals surface area contributed by atoms with E-state index in [1.807, 2.05) is 53.1 Å². The summed E-state index contributed by atoms with van der Waals surface area (Å²) in [6, 6.07) is 15.2. The number of ether oxygens (including phenoxy) is 2. The summed E-state index contributed by atoms with van der Waals surface area (Å²) in [5, 5.41) is 11.0. The molecule has 6 nitrogen and oxygen atoms in total. The van der Waals surface area contributed by atoms with Crippen LogP contribution in [0.4, 0.5) is 0 Å². The topological polar surface area (TPSA) is 62.1 Å². The second-order valence-electron chi connectivity index (χ2n) is 6.81. The average molecular weight is 471 g/mol. The number of benzene rings is 2. The highest BCUT2D eigenvalue weighted by molar-refractivity contribution is 7.98. The van der Waals surface area contributed by atoms with Crippen LogP contribution in [0, 0.1) is 0 Å². The predicted octanol–water partition coefficient (Wildman–Crippen LogP) is 5.79. The Balaban J connectivity index is 1.52. The molecule has 1 aliphatic heterocycles. The van der Waals surface area contributed by atoms with Crippen molar-refractivity contribution in [2.24, 2.45) is 0 Å². The first-order chi connectivity index (χ1) is 15.2. The Morgan fingerprint density at radius 1 is 0.968 bits per heavy atom. The van der Waals surface area contributed by atoms with Gasteiger partial charge in [-0.15, -0.1) is 10.2 Å². The van der Waals surface area contributed by atoms with E-state index in [0.717, 1.165) is 39.1 Å². The predicted molar refractivity (Wildman–Crippen MR) is 121 cm³/mol. The number of hydrogen-bond donors (Lipinski definition) is 0. The molecule has 31 heavy (non-hydrogen) atoms. The molecule has 0 fully saturated rings. The largest absolute Gasteiger partial charge is 0.467 e. The number of aromatic nitrogens is 4. The van der Waals surface area contributed by atoms with Gasteiger partial charge in [0.1, 0.15) is 5.75 Å². The van der Waals surface area contributed by atoms with Crippen molar-refractivity contribution in [2.75, 3.05) is 6.79 Å². The number of thioether (sulfide) groups is 1. The third-order valence-corrected chi connectivity index (χ3v) is 6.21. The summed E-state index contributed by atoms with van der Waals surface area (Å²) in [5.41, 5.74) is 3.78. The lowest BCUT2D eigenvalue weighted by molar-refractivity contribution is -0.0168. The molecule has 3 heterocycles. The lowest BCUT2D eigenvalue weighted by Gasteiger charge is -2.21. The summed E-state index contributed by atoms with van der Waals surface area (Å²) in [5.74, 6) is 2.17. The Bertz CT molecular complexity index is 1220. The van der Waals surface area contributed by atoms with Gasteiger partial charge in [0.2, 0.25) is 0 Å². The van der Waals surface area contributed by atoms with Gasteiger partial charge in [0.05, 0.1) is 6.61 Å². The van der Waals surface area contributed by atoms with E-state index in [4.69, 9.17) is 32.7 Å². The summed E-state index contributed by atoms with van der Waals surface area (Å²) >= 11 is 14.0. The number of nitrogens with zero attached hydrogens (tertiary/aromatic N) is 4. The van der Waals surface area contributed by atoms with Crippen LogP contribution in [0.1, 0.15) is 11.1 Å². The fourth-order valence-corrected chi connectivity index (χ4v) is 4.69. The minimum absolute atomic E-state index is 0.236. The van der Waals surface area contributed by atoms with Gasteiger partial charge in [0.15, 0.2) is 17.8 Å². The molecule has 9 heteroatoms. The monoisotopic (exact) mass is 470 g/mol. The zero-order valence-corrected chi connectivity index (χ0v) is 18.5. The van der Waals surface area contributed by atoms with Crippen molar-refractivity contribution in [2.45, 2.75) is 17.5 Å². The number of rotatable bonds is 5. The smallest absolute Gasteiger partial charge is 0.196 e. The van der Waals surface area contributed by atoms with Gasteiger partial charge < -0.3 is 9.47 Å². The summed E-state index contributed by atoms with van der Waals surface area (Å²) in [7, 11) is 0. The molecule has 0 amide bonds. The van der Waals surface area contributed by atoms with E-state index >= 15 is 0 Å². The van der Waals surface area contributed by atoms with Crippen molar-refractivity contribution in [3.05, 3.63) is 82.1 Å². The Morgan fingerprint density at radius 2 is 1.77 bits per heavy atom. The van der Waals surface area contributed by atoms with Gasteiger partial charge in [-0.2, -0.15) is 0 Å². The molecule has 0 spiro atoms. The van der Waals surface area contributed by atoms with E-state index in [1.54, 1.807) is 24.2 Å². The first-order valence-corrected chi connectivity index (χ1v) is 11.2. The van der Waals surface area contributed by atoms with E-state index in [-0.39, 0.29) is 6.79 Å². The van der Waals surface area contributed by atoms with Crippen LogP contribution in [0.15, 0.2) is 66.1 Å². The zero-order chi connectivity index (χ0) is 21.2. The van der Waals surface area contributed by atoms with Crippen LogP contribution in [0.3, 0.4) is 0 Å². The molecule has 0 N–H and O–H groups in total. The maximum Gasteiger partial charge on any atom is 0.196 e. The fraction of sp³-hybridized carbons (Fsp3) is 0.136. The first-order valence-electron chi connectivity index (χ1n) is 9.45. The molecule has 0 aliphatic carbocycles. The molecule has 1 aliphatic rings. The number of halogens is 2. The molecule has 0 radical (unpaired) electrons. The van der Waals surface area contributed by atoms with E-state index in [1.165, 1.54) is 0 Å². The molecule has 0 saturated heterocycles. The maximum absolute atomic E-state index is 6.32. The third kappa shape index (κ3) is 4.27. The van der Waals surface area contributed by atoms with Crippen LogP contribution in [-0.2, 0) is 17.1 Å². The van der Waals surface area contributed by atoms with Crippen molar-refractivity contribution < 1.29 is 9.47 Å². The molecule has 0 unspecified atom stereocenters. The summed E-state index contributed by atoms with van der Waals surface area (Å²) in [6.45, 7) is 0.722. The molecule has 4 aromatic rings. The van der Waals surface area contributed by atoms with Gasteiger partial charge in [-0.3, -0.25) is 9.55 Å². The van der Waals surface area contributed by atoms with E-state index in [9.17, 15) is 0 Å². The quantitative estimate of drug-likeness (QED) is 0.343. The molecular weight excluding hydrogens is 455 g/mol. The van der Waals surface area contributed by atoms with Crippen molar-refractivity contribution in [3.8, 4) is 22.8 Å². The van der Waals surface area contributed by atoms with Gasteiger partial charge in [0, 0.05) is 50.6 Å². The van der Waals surface area contributed by atoms with Crippen LogP contribution < -0.4 is 4.74 Å². The highest BCUT2D eigenvalue weighted by Crippen LogP contribution is 2.36. The average Bonchev–Trinajstić information content (AvgIpc) is 3.22. The third-order valence-electron chi connectivity index (χ3n) is 4.77. The van der Waals surface area contributed by atoms with Gasteiger partial charge in [-0.25, -0.2) is 0 Å². The summed E-state index contributed by atoms with van der Waals surface area (Å²) in [4.78, 5) is 4.10. The Kier molecular flexibility index (Phi) is 5.82. The van der Waals surface area contributed by atoms with Gasteiger partial charge >= 0.3 is 0 Å². The van der Waals surface area contributed by atoms with Crippen molar-refractivity contribution in [1.29, 1.82) is 0 Å². The van der Waals surface area contributed by atoms with Crippen LogP contribution in [0.5, 0.6) is 5.75 Å². The SMILES string of the molecule is Clc1ccc(-n2c(SCc3cc(Cl)cc4c3OCOC4)nnc2-c2ccncc2)cc1. The molecule has 0 atom stereocenters. The second-order valence-corrected chi connectivity index (χ2v) is 8.62. The summed E-state index contributed by atoms with van der Waals surface area (Å²) in [6.07, 6.45) is 3.47. The standard InChI is InChI=1S/C22H16Cl2N4O2S/c23-17-1-3-19(4-2-17)28-21(14-5-7-25-8-6-14)26-27-22(28)31-12-16-10-18(24)9-15-11-29-13-30-20(15)16/h1-10H,11-13H2. The number of hydrogen-bond acceptors (Lipinski definition) is 6. The normalized spacial score (nSPS) is 13.0. The van der Waals surface area contributed by atoms with Gasteiger partial charge in [-0.05, 0) is 48.5 Å². The molecule has 0 saturated carbocycles. The Labute approximate surface area is 193 Å². The van der Waals surface area contributed by atoms with Crippen molar-refractivity contribution in [3.63, 3.8) is 0 Å². The minimum atomic E-state index is 0.236. The lowest BCUT2D eigenvalue weighted by Crippen LogP contribution is -2.13. The van der Waals surface area contributed by atoms with Crippen LogP contribution in [-0.4, -0.2) is 26.5 Å². The van der Waals surface area contributed by atoms with E-state index in [2.05, 4.69) is 15.2 Å². The van der Waals surface area contributed by atoms with Crippen molar-refractivity contribution >= 4 is 35.0 Å². The van der Waals surface area contributed by atoms with E-state index in [0.29, 0.717) is 22.4 Å². The number of fused-ring (bicyclic) bond motifs is 1. The van der Waals surface area contributed by atoms with Crippen molar-refractivity contribution in [1.82, 2.24) is 19.7 Å². The Morgan fingerprint density at radius 3 is 2.58 bits per heavy atom. The zero-order valence-electron chi connectivity index (χ0n) is 16.2. The molecule has 2 aromatic heterocycles. The summed E-state index contributed by atoms with van der Waals surface area (Å²) < 4.78 is 13.1. The molecule has 0 bridgehead atoms. The fourth-order valence-electron chi connectivity index (χ4n) is 3.38. The van der Waals surface area contributed by atoms with Crippen LogP contribution in [0.2, 0.25) is 10.0 Å². The van der Waals surface area contributed by atoms with Crippen LogP contribution >= 0.6 is 35.0 Å². The lowest BCUT2D eigenvalue weighted by atomic mass is 10.1. The number of pyridine rings is 1. The van der Waals surface area contributed by atoms with Gasteiger partial charge in [-0.1, -0.05) is 35.0 Å². The highest BCUT2D eigenvalue weighted by atomic mass is 35.5. The highest BCUT2D eigenvalue weighted by Gasteiger charge is 2.20. The molecule has 2 aromatic carbocycles. The first kappa shape index (κ1) is 20.3. The molecule has 156 valence electrons. The molecule has 5 rings (SSSR count). The van der Waals surface area contributed by atoms with Gasteiger partial charge in [0.25, 0.3) is 0 Å². The maximum atomic E-state index is 6.32. The Hall–Kier alpha value is -2.58. The second kappa shape index (κ2) is 8.88. The van der Waals surface area contributed by atoms with E-state index < -0.39 is 0 Å².